The number of amides is 2. The van der Waals surface area contributed by atoms with Crippen molar-refractivity contribution in [3.63, 3.8) is 0 Å². The first-order valence-electron chi connectivity index (χ1n) is 4.04. The summed E-state index contributed by atoms with van der Waals surface area (Å²) in [5, 5.41) is 20.5. The highest BCUT2D eigenvalue weighted by Crippen LogP contribution is 2.35. The molecule has 2 amide bonds. The van der Waals surface area contributed by atoms with Crippen molar-refractivity contribution in [2.75, 3.05) is 0 Å². The molecule has 0 radical (unpaired) electrons. The molecule has 0 aromatic heterocycles. The van der Waals surface area contributed by atoms with E-state index in [0.29, 0.717) is 0 Å². The van der Waals surface area contributed by atoms with Gasteiger partial charge in [-0.25, -0.2) is 0 Å². The van der Waals surface area contributed by atoms with E-state index in [1.54, 1.807) is 0 Å². The molecule has 2 rings (SSSR count). The maximum absolute atomic E-state index is 11.1. The molecular formula is C8H9NO4. The van der Waals surface area contributed by atoms with Crippen molar-refractivity contribution >= 4 is 11.8 Å². The smallest absolute Gasteiger partial charge is 0.230 e. The zero-order chi connectivity index (χ0) is 9.59. The van der Waals surface area contributed by atoms with Crippen LogP contribution in [0.4, 0.5) is 0 Å². The fourth-order valence-electron chi connectivity index (χ4n) is 1.79. The van der Waals surface area contributed by atoms with Gasteiger partial charge in [0, 0.05) is 12.8 Å². The fraction of sp³-hybridized carbons (Fsp3) is 0.500. The molecule has 1 fully saturated rings. The Morgan fingerprint density at radius 3 is 1.77 bits per heavy atom. The van der Waals surface area contributed by atoms with Crippen molar-refractivity contribution in [1.82, 2.24) is 5.32 Å². The van der Waals surface area contributed by atoms with Gasteiger partial charge in [0.05, 0.1) is 11.8 Å². The Morgan fingerprint density at radius 2 is 1.38 bits per heavy atom. The molecule has 1 aliphatic carbocycles. The number of fused-ring (bicyclic) bond motifs is 1. The Kier molecular flexibility index (Phi) is 1.55. The SMILES string of the molecule is O=C1NC(=O)C2CC(O)=C(O)CC12. The Balaban J connectivity index is 2.31. The van der Waals surface area contributed by atoms with Crippen molar-refractivity contribution in [1.29, 1.82) is 0 Å². The van der Waals surface area contributed by atoms with E-state index in [1.807, 2.05) is 0 Å². The summed E-state index contributed by atoms with van der Waals surface area (Å²) in [6, 6.07) is 0. The molecule has 70 valence electrons. The van der Waals surface area contributed by atoms with Crippen molar-refractivity contribution < 1.29 is 19.8 Å². The van der Waals surface area contributed by atoms with Gasteiger partial charge in [0.1, 0.15) is 11.5 Å². The first-order chi connectivity index (χ1) is 6.09. The topological polar surface area (TPSA) is 86.6 Å². The molecule has 2 unspecified atom stereocenters. The van der Waals surface area contributed by atoms with Crippen LogP contribution in [0.15, 0.2) is 11.5 Å². The molecule has 5 nitrogen and oxygen atoms in total. The third kappa shape index (κ3) is 1.07. The molecule has 0 aromatic rings. The highest BCUT2D eigenvalue weighted by atomic mass is 16.3. The van der Waals surface area contributed by atoms with Crippen LogP contribution < -0.4 is 5.32 Å². The lowest BCUT2D eigenvalue weighted by Crippen LogP contribution is -2.24. The summed E-state index contributed by atoms with van der Waals surface area (Å²) in [7, 11) is 0. The molecule has 1 aliphatic heterocycles. The molecule has 0 saturated carbocycles. The van der Waals surface area contributed by atoms with Crippen LogP contribution in [0.25, 0.3) is 0 Å². The number of allylic oxidation sites excluding steroid dienone is 2. The third-order valence-electron chi connectivity index (χ3n) is 2.57. The lowest BCUT2D eigenvalue weighted by Gasteiger charge is -2.20. The highest BCUT2D eigenvalue weighted by molar-refractivity contribution is 6.05. The summed E-state index contributed by atoms with van der Waals surface area (Å²) < 4.78 is 0. The number of aliphatic hydroxyl groups excluding tert-OH is 2. The van der Waals surface area contributed by atoms with Gasteiger partial charge in [0.2, 0.25) is 11.8 Å². The highest BCUT2D eigenvalue weighted by Gasteiger charge is 2.45. The van der Waals surface area contributed by atoms with E-state index in [9.17, 15) is 9.59 Å². The minimum atomic E-state index is -0.497. The minimum Gasteiger partial charge on any atom is -0.509 e. The summed E-state index contributed by atoms with van der Waals surface area (Å²) in [4.78, 5) is 22.2. The lowest BCUT2D eigenvalue weighted by atomic mass is 9.83. The monoisotopic (exact) mass is 183 g/mol. The summed E-state index contributed by atoms with van der Waals surface area (Å²) in [6.45, 7) is 0. The van der Waals surface area contributed by atoms with Gasteiger partial charge < -0.3 is 10.2 Å². The van der Waals surface area contributed by atoms with Crippen LogP contribution in [-0.2, 0) is 9.59 Å². The van der Waals surface area contributed by atoms with Gasteiger partial charge in [-0.1, -0.05) is 0 Å². The first-order valence-corrected chi connectivity index (χ1v) is 4.04. The average Bonchev–Trinajstić information content (AvgIpc) is 2.31. The van der Waals surface area contributed by atoms with E-state index in [0.717, 1.165) is 0 Å². The predicted octanol–water partition coefficient (Wildman–Crippen LogP) is -0.00340. The molecule has 0 spiro atoms. The normalized spacial score (nSPS) is 33.2. The molecule has 1 saturated heterocycles. The van der Waals surface area contributed by atoms with Gasteiger partial charge in [0.15, 0.2) is 0 Å². The summed E-state index contributed by atoms with van der Waals surface area (Å²) >= 11 is 0. The first kappa shape index (κ1) is 8.10. The maximum atomic E-state index is 11.1. The van der Waals surface area contributed by atoms with Gasteiger partial charge in [-0.15, -0.1) is 0 Å². The largest absolute Gasteiger partial charge is 0.509 e. The Labute approximate surface area is 74.1 Å². The molecule has 13 heavy (non-hydrogen) atoms. The van der Waals surface area contributed by atoms with Crippen LogP contribution in [0.1, 0.15) is 12.8 Å². The number of hydrogen-bond donors (Lipinski definition) is 3. The van der Waals surface area contributed by atoms with Crippen molar-refractivity contribution in [2.45, 2.75) is 12.8 Å². The number of aliphatic hydroxyl groups is 2. The summed E-state index contributed by atoms with van der Waals surface area (Å²) in [6.07, 6.45) is 0.127. The Morgan fingerprint density at radius 1 is 1.00 bits per heavy atom. The maximum Gasteiger partial charge on any atom is 0.230 e. The third-order valence-corrected chi connectivity index (χ3v) is 2.57. The molecular weight excluding hydrogens is 174 g/mol. The zero-order valence-corrected chi connectivity index (χ0v) is 6.78. The molecule has 2 atom stereocenters. The molecule has 2 aliphatic rings. The van der Waals surface area contributed by atoms with E-state index >= 15 is 0 Å². The zero-order valence-electron chi connectivity index (χ0n) is 6.78. The number of rotatable bonds is 0. The van der Waals surface area contributed by atoms with Gasteiger partial charge in [-0.2, -0.15) is 0 Å². The fourth-order valence-corrected chi connectivity index (χ4v) is 1.79. The second kappa shape index (κ2) is 2.48. The van der Waals surface area contributed by atoms with Crippen LogP contribution in [0.5, 0.6) is 0 Å². The van der Waals surface area contributed by atoms with E-state index in [4.69, 9.17) is 10.2 Å². The lowest BCUT2D eigenvalue weighted by molar-refractivity contribution is -0.126. The molecule has 3 N–H and O–H groups in total. The van der Waals surface area contributed by atoms with Crippen molar-refractivity contribution in [2.24, 2.45) is 11.8 Å². The van der Waals surface area contributed by atoms with Gasteiger partial charge in [-0.05, 0) is 0 Å². The standard InChI is InChI=1S/C8H9NO4/c10-5-1-3-4(2-6(5)11)8(13)9-7(3)12/h3-4,10-11H,1-2H2,(H,9,12,13). The van der Waals surface area contributed by atoms with E-state index in [1.165, 1.54) is 0 Å². The second-order valence-corrected chi connectivity index (χ2v) is 3.37. The van der Waals surface area contributed by atoms with Crippen LogP contribution >= 0.6 is 0 Å². The molecule has 0 aromatic carbocycles. The van der Waals surface area contributed by atoms with Gasteiger partial charge in [-0.3, -0.25) is 14.9 Å². The van der Waals surface area contributed by atoms with Crippen LogP contribution in [0.3, 0.4) is 0 Å². The molecule has 0 bridgehead atoms. The van der Waals surface area contributed by atoms with Gasteiger partial charge in [0.25, 0.3) is 0 Å². The summed E-state index contributed by atoms with van der Waals surface area (Å²) in [5.41, 5.74) is 0. The quantitative estimate of drug-likeness (QED) is 0.461. The van der Waals surface area contributed by atoms with Crippen LogP contribution in [-0.4, -0.2) is 22.0 Å². The number of hydrogen-bond acceptors (Lipinski definition) is 4. The van der Waals surface area contributed by atoms with E-state index < -0.39 is 11.8 Å². The van der Waals surface area contributed by atoms with Gasteiger partial charge >= 0.3 is 0 Å². The average molecular weight is 183 g/mol. The van der Waals surface area contributed by atoms with E-state index in [-0.39, 0.29) is 36.2 Å². The van der Waals surface area contributed by atoms with Crippen molar-refractivity contribution in [3.8, 4) is 0 Å². The summed E-state index contributed by atoms with van der Waals surface area (Å²) in [5.74, 6) is -2.05. The number of imide groups is 1. The number of carbonyl (C=O) groups excluding carboxylic acids is 2. The number of nitrogens with one attached hydrogen (secondary N) is 1. The molecule has 1 heterocycles. The Hall–Kier alpha value is -1.52. The van der Waals surface area contributed by atoms with Crippen LogP contribution in [0.2, 0.25) is 0 Å². The Bertz CT molecular complexity index is 290. The molecule has 5 heteroatoms. The van der Waals surface area contributed by atoms with Crippen molar-refractivity contribution in [3.05, 3.63) is 11.5 Å². The van der Waals surface area contributed by atoms with Crippen LogP contribution in [0, 0.1) is 11.8 Å². The second-order valence-electron chi connectivity index (χ2n) is 3.37. The predicted molar refractivity (Wildman–Crippen MR) is 41.6 cm³/mol. The minimum absolute atomic E-state index is 0.0636. The number of carbonyl (C=O) groups is 2. The van der Waals surface area contributed by atoms with E-state index in [2.05, 4.69) is 5.32 Å².